The summed E-state index contributed by atoms with van der Waals surface area (Å²) >= 11 is 3.37. The van der Waals surface area contributed by atoms with E-state index in [0.717, 1.165) is 10.0 Å². The summed E-state index contributed by atoms with van der Waals surface area (Å²) in [6.07, 6.45) is 1.25. The van der Waals surface area contributed by atoms with E-state index in [-0.39, 0.29) is 11.8 Å². The van der Waals surface area contributed by atoms with Crippen LogP contribution in [0.1, 0.15) is 18.5 Å². The van der Waals surface area contributed by atoms with E-state index in [4.69, 9.17) is 0 Å². The highest BCUT2D eigenvalue weighted by Gasteiger charge is 2.06. The van der Waals surface area contributed by atoms with Gasteiger partial charge in [-0.1, -0.05) is 28.1 Å². The molecule has 1 atom stereocenters. The normalized spacial score (nSPS) is 13.7. The third-order valence-electron chi connectivity index (χ3n) is 2.29. The zero-order valence-corrected chi connectivity index (χ0v) is 11.8. The summed E-state index contributed by atoms with van der Waals surface area (Å²) in [6.45, 7) is 2.50. The molecule has 1 N–H and O–H groups in total. The molecule has 0 spiro atoms. The quantitative estimate of drug-likeness (QED) is 0.906. The summed E-state index contributed by atoms with van der Waals surface area (Å²) < 4.78 is 22.9. The van der Waals surface area contributed by atoms with Crippen LogP contribution in [0.5, 0.6) is 0 Å². The minimum atomic E-state index is -2.88. The van der Waals surface area contributed by atoms with Crippen molar-refractivity contribution < 1.29 is 8.42 Å². The smallest absolute Gasteiger partial charge is 0.148 e. The molecule has 0 aliphatic heterocycles. The Morgan fingerprint density at radius 2 is 1.88 bits per heavy atom. The van der Waals surface area contributed by atoms with E-state index >= 15 is 0 Å². The third kappa shape index (κ3) is 5.09. The van der Waals surface area contributed by atoms with Gasteiger partial charge in [-0.15, -0.1) is 0 Å². The number of nitrogens with one attached hydrogen (secondary N) is 1. The molecule has 0 saturated heterocycles. The van der Waals surface area contributed by atoms with Crippen LogP contribution >= 0.6 is 15.9 Å². The predicted octanol–water partition coefficient (Wildman–Crippen LogP) is 2.14. The fourth-order valence-corrected chi connectivity index (χ4v) is 2.08. The molecule has 1 unspecified atom stereocenters. The van der Waals surface area contributed by atoms with Crippen LogP contribution in [-0.2, 0) is 9.84 Å². The number of rotatable bonds is 5. The second kappa shape index (κ2) is 5.80. The highest BCUT2D eigenvalue weighted by molar-refractivity contribution is 9.10. The van der Waals surface area contributed by atoms with Crippen molar-refractivity contribution in [2.24, 2.45) is 0 Å². The summed E-state index contributed by atoms with van der Waals surface area (Å²) in [5.74, 6) is 0.174. The third-order valence-corrected chi connectivity index (χ3v) is 3.77. The number of halogens is 1. The zero-order chi connectivity index (χ0) is 12.2. The molecule has 16 heavy (non-hydrogen) atoms. The summed E-state index contributed by atoms with van der Waals surface area (Å²) in [5, 5.41) is 3.18. The Bertz CT molecular complexity index is 428. The molecule has 0 aliphatic carbocycles. The highest BCUT2D eigenvalue weighted by Crippen LogP contribution is 2.16. The molecule has 90 valence electrons. The van der Waals surface area contributed by atoms with E-state index in [1.807, 2.05) is 31.2 Å². The van der Waals surface area contributed by atoms with E-state index in [2.05, 4.69) is 21.2 Å². The molecule has 0 heterocycles. The Morgan fingerprint density at radius 3 is 2.38 bits per heavy atom. The van der Waals surface area contributed by atoms with E-state index < -0.39 is 9.84 Å². The minimum absolute atomic E-state index is 0.162. The van der Waals surface area contributed by atoms with Crippen molar-refractivity contribution in [1.82, 2.24) is 5.32 Å². The lowest BCUT2D eigenvalue weighted by Crippen LogP contribution is -2.25. The van der Waals surface area contributed by atoms with Gasteiger partial charge in [0.1, 0.15) is 9.84 Å². The summed E-state index contributed by atoms with van der Waals surface area (Å²) in [6, 6.07) is 8.15. The SMILES string of the molecule is CC(NCCS(C)(=O)=O)c1ccc(Br)cc1. The van der Waals surface area contributed by atoms with Crippen LogP contribution in [0.4, 0.5) is 0 Å². The van der Waals surface area contributed by atoms with Crippen LogP contribution in [0.3, 0.4) is 0 Å². The molecule has 5 heteroatoms. The van der Waals surface area contributed by atoms with Crippen molar-refractivity contribution in [3.05, 3.63) is 34.3 Å². The van der Waals surface area contributed by atoms with E-state index in [1.54, 1.807) is 0 Å². The Kier molecular flexibility index (Phi) is 4.95. The first-order valence-electron chi connectivity index (χ1n) is 5.05. The molecule has 0 aromatic heterocycles. The number of hydrogen-bond acceptors (Lipinski definition) is 3. The van der Waals surface area contributed by atoms with Crippen LogP contribution < -0.4 is 5.32 Å². The van der Waals surface area contributed by atoms with Crippen LogP contribution in [-0.4, -0.2) is 27.0 Å². The average Bonchev–Trinajstić information content (AvgIpc) is 2.16. The van der Waals surface area contributed by atoms with Crippen LogP contribution in [0.2, 0.25) is 0 Å². The van der Waals surface area contributed by atoms with Gasteiger partial charge in [0.05, 0.1) is 5.75 Å². The van der Waals surface area contributed by atoms with Gasteiger partial charge in [0.15, 0.2) is 0 Å². The number of hydrogen-bond donors (Lipinski definition) is 1. The van der Waals surface area contributed by atoms with Crippen molar-refractivity contribution >= 4 is 25.8 Å². The van der Waals surface area contributed by atoms with Gasteiger partial charge in [0, 0.05) is 23.3 Å². The standard InChI is InChI=1S/C11H16BrNO2S/c1-9(13-7-8-16(2,14)15)10-3-5-11(12)6-4-10/h3-6,9,13H,7-8H2,1-2H3. The monoisotopic (exact) mass is 305 g/mol. The van der Waals surface area contributed by atoms with Gasteiger partial charge >= 0.3 is 0 Å². The second-order valence-corrected chi connectivity index (χ2v) is 7.03. The summed E-state index contributed by atoms with van der Waals surface area (Å²) in [5.41, 5.74) is 1.15. The molecule has 0 amide bonds. The molecule has 1 aromatic carbocycles. The second-order valence-electron chi connectivity index (χ2n) is 3.86. The van der Waals surface area contributed by atoms with Crippen molar-refractivity contribution in [2.75, 3.05) is 18.6 Å². The average molecular weight is 306 g/mol. The largest absolute Gasteiger partial charge is 0.309 e. The van der Waals surface area contributed by atoms with Gasteiger partial charge in [-0.2, -0.15) is 0 Å². The van der Waals surface area contributed by atoms with Crippen molar-refractivity contribution in [3.8, 4) is 0 Å². The van der Waals surface area contributed by atoms with Crippen molar-refractivity contribution in [1.29, 1.82) is 0 Å². The maximum Gasteiger partial charge on any atom is 0.148 e. The Labute approximate surface area is 105 Å². The minimum Gasteiger partial charge on any atom is -0.309 e. The molecule has 0 fully saturated rings. The number of benzene rings is 1. The van der Waals surface area contributed by atoms with E-state index in [0.29, 0.717) is 6.54 Å². The zero-order valence-electron chi connectivity index (χ0n) is 9.40. The first-order chi connectivity index (χ1) is 7.38. The maximum absolute atomic E-state index is 10.9. The molecular weight excluding hydrogens is 290 g/mol. The molecule has 3 nitrogen and oxygen atoms in total. The first-order valence-corrected chi connectivity index (χ1v) is 7.90. The van der Waals surface area contributed by atoms with Crippen LogP contribution in [0.15, 0.2) is 28.7 Å². The Morgan fingerprint density at radius 1 is 1.31 bits per heavy atom. The molecule has 0 aliphatic rings. The van der Waals surface area contributed by atoms with Crippen LogP contribution in [0.25, 0.3) is 0 Å². The van der Waals surface area contributed by atoms with Gasteiger partial charge in [-0.05, 0) is 24.6 Å². The Balaban J connectivity index is 2.47. The van der Waals surface area contributed by atoms with E-state index in [9.17, 15) is 8.42 Å². The molecule has 0 saturated carbocycles. The first kappa shape index (κ1) is 13.7. The van der Waals surface area contributed by atoms with Gasteiger partial charge in [0.2, 0.25) is 0 Å². The lowest BCUT2D eigenvalue weighted by atomic mass is 10.1. The van der Waals surface area contributed by atoms with Crippen molar-refractivity contribution in [2.45, 2.75) is 13.0 Å². The molecule has 0 bridgehead atoms. The van der Waals surface area contributed by atoms with Gasteiger partial charge in [0.25, 0.3) is 0 Å². The Hall–Kier alpha value is -0.390. The topological polar surface area (TPSA) is 46.2 Å². The highest BCUT2D eigenvalue weighted by atomic mass is 79.9. The summed E-state index contributed by atoms with van der Waals surface area (Å²) in [7, 11) is -2.88. The molecule has 1 rings (SSSR count). The van der Waals surface area contributed by atoms with Crippen LogP contribution in [0, 0.1) is 0 Å². The predicted molar refractivity (Wildman–Crippen MR) is 70.3 cm³/mol. The van der Waals surface area contributed by atoms with Crippen molar-refractivity contribution in [3.63, 3.8) is 0 Å². The fraction of sp³-hybridized carbons (Fsp3) is 0.455. The molecule has 0 radical (unpaired) electrons. The molecule has 1 aromatic rings. The van der Waals surface area contributed by atoms with E-state index in [1.165, 1.54) is 6.26 Å². The number of sulfone groups is 1. The van der Waals surface area contributed by atoms with Gasteiger partial charge in [-0.25, -0.2) is 8.42 Å². The lowest BCUT2D eigenvalue weighted by Gasteiger charge is -2.13. The summed E-state index contributed by atoms with van der Waals surface area (Å²) in [4.78, 5) is 0. The lowest BCUT2D eigenvalue weighted by molar-refractivity contribution is 0.576. The maximum atomic E-state index is 10.9. The fourth-order valence-electron chi connectivity index (χ4n) is 1.33. The van der Waals surface area contributed by atoms with Gasteiger partial charge in [-0.3, -0.25) is 0 Å². The van der Waals surface area contributed by atoms with Gasteiger partial charge < -0.3 is 5.32 Å². The molecular formula is C11H16BrNO2S.